The van der Waals surface area contributed by atoms with Crippen LogP contribution in [0.2, 0.25) is 5.02 Å². The predicted molar refractivity (Wildman–Crippen MR) is 120 cm³/mol. The lowest BCUT2D eigenvalue weighted by molar-refractivity contribution is 0.602. The van der Waals surface area contributed by atoms with E-state index in [0.717, 1.165) is 58.4 Å². The molecule has 154 valence electrons. The van der Waals surface area contributed by atoms with Gasteiger partial charge in [0, 0.05) is 48.7 Å². The molecule has 1 aliphatic heterocycles. The maximum absolute atomic E-state index is 6.51. The normalized spacial score (nSPS) is 18.3. The summed E-state index contributed by atoms with van der Waals surface area (Å²) >= 11 is 6.51. The number of fused-ring (bicyclic) bond motifs is 1. The molecule has 1 atom stereocenters. The summed E-state index contributed by atoms with van der Waals surface area (Å²) in [5.74, 6) is 1.65. The van der Waals surface area contributed by atoms with Gasteiger partial charge in [-0.1, -0.05) is 17.7 Å². The number of hydrogen-bond acceptors (Lipinski definition) is 6. The Morgan fingerprint density at radius 2 is 1.90 bits per heavy atom. The van der Waals surface area contributed by atoms with Crippen molar-refractivity contribution < 1.29 is 0 Å². The minimum Gasteiger partial charge on any atom is -0.351 e. The van der Waals surface area contributed by atoms with Crippen molar-refractivity contribution in [1.29, 1.82) is 0 Å². The zero-order valence-corrected chi connectivity index (χ0v) is 18.2. The van der Waals surface area contributed by atoms with Crippen LogP contribution in [0.4, 0.5) is 11.8 Å². The van der Waals surface area contributed by atoms with Crippen LogP contribution in [-0.2, 0) is 6.42 Å². The number of nitrogens with one attached hydrogen (secondary N) is 1. The van der Waals surface area contributed by atoms with Crippen molar-refractivity contribution in [3.63, 3.8) is 0 Å². The standard InChI is InChI=1S/C23H25ClN6/c1-13-8-14(2)22(26-10-13)17-9-21(25-12-19(17)24)30-7-6-20-18(15(30)3)11-27-23(29-20)28-16-4-5-16/h8-12,15-16H,4-7H2,1-3H3,(H,27,28,29). The highest BCUT2D eigenvalue weighted by Crippen LogP contribution is 2.36. The van der Waals surface area contributed by atoms with Gasteiger partial charge in [-0.2, -0.15) is 0 Å². The lowest BCUT2D eigenvalue weighted by Crippen LogP contribution is -2.35. The number of rotatable bonds is 4. The number of nitrogens with zero attached hydrogens (tertiary/aromatic N) is 5. The molecule has 2 aliphatic rings. The Hall–Kier alpha value is -2.73. The van der Waals surface area contributed by atoms with E-state index in [1.54, 1.807) is 6.20 Å². The summed E-state index contributed by atoms with van der Waals surface area (Å²) < 4.78 is 0. The summed E-state index contributed by atoms with van der Waals surface area (Å²) in [6.07, 6.45) is 8.86. The largest absolute Gasteiger partial charge is 0.351 e. The van der Waals surface area contributed by atoms with E-state index in [1.165, 1.54) is 12.8 Å². The Bertz CT molecular complexity index is 1110. The summed E-state index contributed by atoms with van der Waals surface area (Å²) in [6, 6.07) is 4.87. The lowest BCUT2D eigenvalue weighted by atomic mass is 9.99. The van der Waals surface area contributed by atoms with Crippen molar-refractivity contribution >= 4 is 23.4 Å². The first kappa shape index (κ1) is 19.2. The van der Waals surface area contributed by atoms with Crippen LogP contribution in [0, 0.1) is 13.8 Å². The lowest BCUT2D eigenvalue weighted by Gasteiger charge is -2.35. The Labute approximate surface area is 181 Å². The van der Waals surface area contributed by atoms with E-state index in [2.05, 4.69) is 51.1 Å². The van der Waals surface area contributed by atoms with Gasteiger partial charge in [-0.25, -0.2) is 15.0 Å². The van der Waals surface area contributed by atoms with Crippen LogP contribution in [0.3, 0.4) is 0 Å². The maximum Gasteiger partial charge on any atom is 0.223 e. The molecule has 7 heteroatoms. The van der Waals surface area contributed by atoms with E-state index < -0.39 is 0 Å². The number of anilines is 2. The summed E-state index contributed by atoms with van der Waals surface area (Å²) in [5, 5.41) is 4.01. The number of aryl methyl sites for hydroxylation is 2. The van der Waals surface area contributed by atoms with Gasteiger partial charge < -0.3 is 10.2 Å². The second-order valence-corrected chi connectivity index (χ2v) is 8.74. The molecular weight excluding hydrogens is 396 g/mol. The Morgan fingerprint density at radius 3 is 2.67 bits per heavy atom. The highest BCUT2D eigenvalue weighted by atomic mass is 35.5. The average Bonchev–Trinajstić information content (AvgIpc) is 3.53. The van der Waals surface area contributed by atoms with Crippen LogP contribution in [-0.4, -0.2) is 32.5 Å². The van der Waals surface area contributed by atoms with Gasteiger partial charge in [-0.05, 0) is 50.8 Å². The maximum atomic E-state index is 6.51. The molecule has 5 rings (SSSR count). The number of aromatic nitrogens is 4. The third-order valence-electron chi connectivity index (χ3n) is 5.92. The van der Waals surface area contributed by atoms with Gasteiger partial charge in [0.1, 0.15) is 5.82 Å². The fourth-order valence-electron chi connectivity index (χ4n) is 4.12. The fourth-order valence-corrected chi connectivity index (χ4v) is 4.31. The van der Waals surface area contributed by atoms with Crippen LogP contribution in [0.25, 0.3) is 11.3 Å². The number of hydrogen-bond donors (Lipinski definition) is 1. The van der Waals surface area contributed by atoms with Crippen molar-refractivity contribution in [3.8, 4) is 11.3 Å². The minimum atomic E-state index is 0.136. The quantitative estimate of drug-likeness (QED) is 0.647. The first-order chi connectivity index (χ1) is 14.5. The summed E-state index contributed by atoms with van der Waals surface area (Å²) in [4.78, 5) is 20.9. The van der Waals surface area contributed by atoms with Crippen LogP contribution < -0.4 is 10.2 Å². The van der Waals surface area contributed by atoms with Gasteiger partial charge in [-0.15, -0.1) is 0 Å². The first-order valence-electron chi connectivity index (χ1n) is 10.5. The van der Waals surface area contributed by atoms with Crippen LogP contribution >= 0.6 is 11.6 Å². The van der Waals surface area contributed by atoms with E-state index >= 15 is 0 Å². The zero-order valence-electron chi connectivity index (χ0n) is 17.5. The molecule has 1 fully saturated rings. The van der Waals surface area contributed by atoms with Gasteiger partial charge in [0.05, 0.1) is 22.5 Å². The molecule has 1 saturated carbocycles. The summed E-state index contributed by atoms with van der Waals surface area (Å²) in [6.45, 7) is 7.14. The van der Waals surface area contributed by atoms with Crippen molar-refractivity contribution in [2.24, 2.45) is 0 Å². The van der Waals surface area contributed by atoms with E-state index in [4.69, 9.17) is 16.6 Å². The Balaban J connectivity index is 1.46. The van der Waals surface area contributed by atoms with Gasteiger partial charge in [0.2, 0.25) is 5.95 Å². The van der Waals surface area contributed by atoms with Crippen molar-refractivity contribution in [2.45, 2.75) is 52.1 Å². The molecular formula is C23H25ClN6. The molecule has 0 bridgehead atoms. The fraction of sp³-hybridized carbons (Fsp3) is 0.391. The minimum absolute atomic E-state index is 0.136. The second kappa shape index (κ2) is 7.51. The highest BCUT2D eigenvalue weighted by molar-refractivity contribution is 6.33. The summed E-state index contributed by atoms with van der Waals surface area (Å²) in [7, 11) is 0. The molecule has 6 nitrogen and oxygen atoms in total. The van der Waals surface area contributed by atoms with Crippen molar-refractivity contribution in [2.75, 3.05) is 16.8 Å². The number of halogens is 1. The van der Waals surface area contributed by atoms with Gasteiger partial charge >= 0.3 is 0 Å². The first-order valence-corrected chi connectivity index (χ1v) is 10.9. The van der Waals surface area contributed by atoms with E-state index in [9.17, 15) is 0 Å². The molecule has 1 N–H and O–H groups in total. The molecule has 1 aliphatic carbocycles. The van der Waals surface area contributed by atoms with Crippen molar-refractivity contribution in [1.82, 2.24) is 19.9 Å². The zero-order chi connectivity index (χ0) is 20.8. The van der Waals surface area contributed by atoms with E-state index in [1.807, 2.05) is 19.3 Å². The number of pyridine rings is 2. The molecule has 0 saturated heterocycles. The van der Waals surface area contributed by atoms with E-state index in [-0.39, 0.29) is 6.04 Å². The molecule has 3 aromatic rings. The Morgan fingerprint density at radius 1 is 1.07 bits per heavy atom. The SMILES string of the molecule is Cc1cnc(-c2cc(N3CCc4nc(NC5CC5)ncc4C3C)ncc2Cl)c(C)c1. The molecule has 0 aromatic carbocycles. The molecule has 30 heavy (non-hydrogen) atoms. The van der Waals surface area contributed by atoms with Crippen LogP contribution in [0.1, 0.15) is 48.2 Å². The molecule has 0 spiro atoms. The Kier molecular flexibility index (Phi) is 4.82. The van der Waals surface area contributed by atoms with Crippen LogP contribution in [0.15, 0.2) is 30.7 Å². The molecule has 1 unspecified atom stereocenters. The third-order valence-corrected chi connectivity index (χ3v) is 6.22. The third kappa shape index (κ3) is 3.60. The highest BCUT2D eigenvalue weighted by Gasteiger charge is 2.28. The van der Waals surface area contributed by atoms with Gasteiger partial charge in [0.25, 0.3) is 0 Å². The molecule has 0 amide bonds. The predicted octanol–water partition coefficient (Wildman–Crippen LogP) is 4.90. The van der Waals surface area contributed by atoms with Gasteiger partial charge in [-0.3, -0.25) is 4.98 Å². The smallest absolute Gasteiger partial charge is 0.223 e. The van der Waals surface area contributed by atoms with E-state index in [0.29, 0.717) is 11.1 Å². The monoisotopic (exact) mass is 420 g/mol. The average molecular weight is 421 g/mol. The van der Waals surface area contributed by atoms with Gasteiger partial charge in [0.15, 0.2) is 0 Å². The topological polar surface area (TPSA) is 66.8 Å². The summed E-state index contributed by atoms with van der Waals surface area (Å²) in [5.41, 5.74) is 6.34. The molecule has 3 aromatic heterocycles. The second-order valence-electron chi connectivity index (χ2n) is 8.33. The van der Waals surface area contributed by atoms with Crippen molar-refractivity contribution in [3.05, 3.63) is 58.1 Å². The molecule has 4 heterocycles. The molecule has 0 radical (unpaired) electrons. The van der Waals surface area contributed by atoms with Crippen LogP contribution in [0.5, 0.6) is 0 Å².